The second-order valence-electron chi connectivity index (χ2n) is 7.61. The van der Waals surface area contributed by atoms with Crippen molar-refractivity contribution in [3.8, 4) is 11.1 Å². The van der Waals surface area contributed by atoms with Crippen LogP contribution in [0.4, 0.5) is 0 Å². The fourth-order valence-electron chi connectivity index (χ4n) is 4.06. The Morgan fingerprint density at radius 2 is 1.50 bits per heavy atom. The minimum Gasteiger partial charge on any atom is -0.339 e. The third-order valence-corrected chi connectivity index (χ3v) is 5.61. The Labute approximate surface area is 166 Å². The van der Waals surface area contributed by atoms with Crippen LogP contribution in [0.1, 0.15) is 32.6 Å². The summed E-state index contributed by atoms with van der Waals surface area (Å²) in [6, 6.07) is 23.2. The molecule has 1 aliphatic rings. The molecule has 28 heavy (non-hydrogen) atoms. The minimum absolute atomic E-state index is 0.0394. The molecule has 3 aromatic carbocycles. The van der Waals surface area contributed by atoms with Gasteiger partial charge in [-0.2, -0.15) is 0 Å². The van der Waals surface area contributed by atoms with E-state index in [0.29, 0.717) is 18.3 Å². The highest BCUT2D eigenvalue weighted by Crippen LogP contribution is 2.27. The average Bonchev–Trinajstić information content (AvgIpc) is 3.11. The first-order valence-electron chi connectivity index (χ1n) is 9.87. The topological polar surface area (TPSA) is 41.1 Å². The molecular formula is C25H26N2O. The number of hydrogen-bond donors (Lipinski definition) is 2. The molecule has 0 aromatic heterocycles. The normalized spacial score (nSPS) is 13.4. The fourth-order valence-corrected chi connectivity index (χ4v) is 4.06. The summed E-state index contributed by atoms with van der Waals surface area (Å²) in [7, 11) is 0. The number of carbonyl (C=O) groups is 1. The molecule has 1 aliphatic carbocycles. The number of amides is 1. The summed E-state index contributed by atoms with van der Waals surface area (Å²) in [5.74, 6) is -0.0394. The lowest BCUT2D eigenvalue weighted by atomic mass is 9.95. The lowest BCUT2D eigenvalue weighted by molar-refractivity contribution is 0.0949. The first-order valence-corrected chi connectivity index (χ1v) is 9.87. The molecule has 0 saturated carbocycles. The van der Waals surface area contributed by atoms with Crippen LogP contribution < -0.4 is 10.6 Å². The Balaban J connectivity index is 1.35. The van der Waals surface area contributed by atoms with Crippen molar-refractivity contribution in [2.24, 2.45) is 0 Å². The Hall–Kier alpha value is -2.91. The number of nitrogens with one attached hydrogen (secondary N) is 2. The van der Waals surface area contributed by atoms with Gasteiger partial charge in [0.05, 0.1) is 6.67 Å². The molecule has 2 N–H and O–H groups in total. The van der Waals surface area contributed by atoms with Gasteiger partial charge in [0.2, 0.25) is 0 Å². The van der Waals surface area contributed by atoms with Gasteiger partial charge in [-0.1, -0.05) is 54.6 Å². The number of benzene rings is 3. The summed E-state index contributed by atoms with van der Waals surface area (Å²) in [5.41, 5.74) is 8.27. The van der Waals surface area contributed by atoms with Crippen LogP contribution in [-0.2, 0) is 12.8 Å². The SMILES string of the molecule is Cc1ccccc1-c1ccc(C(=O)NCNC2Cc3ccccc3C2)cc1C. The molecule has 0 radical (unpaired) electrons. The number of fused-ring (bicyclic) bond motifs is 1. The Bertz CT molecular complexity index is 984. The van der Waals surface area contributed by atoms with Crippen molar-refractivity contribution in [2.75, 3.05) is 6.67 Å². The van der Waals surface area contributed by atoms with Gasteiger partial charge in [-0.15, -0.1) is 0 Å². The molecule has 0 atom stereocenters. The molecule has 0 fully saturated rings. The van der Waals surface area contributed by atoms with E-state index < -0.39 is 0 Å². The highest BCUT2D eigenvalue weighted by atomic mass is 16.1. The quantitative estimate of drug-likeness (QED) is 0.653. The molecule has 0 spiro atoms. The van der Waals surface area contributed by atoms with Crippen LogP contribution >= 0.6 is 0 Å². The van der Waals surface area contributed by atoms with Gasteiger partial charge >= 0.3 is 0 Å². The van der Waals surface area contributed by atoms with E-state index in [1.165, 1.54) is 27.8 Å². The predicted molar refractivity (Wildman–Crippen MR) is 114 cm³/mol. The second-order valence-corrected chi connectivity index (χ2v) is 7.61. The molecule has 1 amide bonds. The second kappa shape index (κ2) is 7.99. The van der Waals surface area contributed by atoms with E-state index in [-0.39, 0.29) is 5.91 Å². The third-order valence-electron chi connectivity index (χ3n) is 5.61. The van der Waals surface area contributed by atoms with Crippen molar-refractivity contribution in [1.29, 1.82) is 0 Å². The maximum atomic E-state index is 12.6. The molecule has 3 aromatic rings. The van der Waals surface area contributed by atoms with Crippen LogP contribution in [0.5, 0.6) is 0 Å². The largest absolute Gasteiger partial charge is 0.339 e. The lowest BCUT2D eigenvalue weighted by Gasteiger charge is -2.14. The van der Waals surface area contributed by atoms with E-state index in [1.54, 1.807) is 0 Å². The fraction of sp³-hybridized carbons (Fsp3) is 0.240. The van der Waals surface area contributed by atoms with Gasteiger partial charge in [0.1, 0.15) is 0 Å². The number of aryl methyl sites for hydroxylation is 2. The van der Waals surface area contributed by atoms with Crippen LogP contribution in [0.25, 0.3) is 11.1 Å². The molecule has 0 unspecified atom stereocenters. The van der Waals surface area contributed by atoms with E-state index in [2.05, 4.69) is 66.9 Å². The van der Waals surface area contributed by atoms with Crippen LogP contribution in [0.15, 0.2) is 66.7 Å². The Kier molecular flexibility index (Phi) is 5.27. The van der Waals surface area contributed by atoms with Gasteiger partial charge in [0, 0.05) is 11.6 Å². The summed E-state index contributed by atoms with van der Waals surface area (Å²) in [4.78, 5) is 12.6. The molecule has 0 bridgehead atoms. The molecule has 0 heterocycles. The summed E-state index contributed by atoms with van der Waals surface area (Å²) < 4.78 is 0. The first kappa shape index (κ1) is 18.5. The van der Waals surface area contributed by atoms with Crippen LogP contribution in [0.3, 0.4) is 0 Å². The van der Waals surface area contributed by atoms with Crippen molar-refractivity contribution in [3.05, 3.63) is 94.5 Å². The summed E-state index contributed by atoms with van der Waals surface area (Å²) in [5, 5.41) is 6.46. The number of hydrogen-bond acceptors (Lipinski definition) is 2. The zero-order valence-corrected chi connectivity index (χ0v) is 16.5. The van der Waals surface area contributed by atoms with E-state index >= 15 is 0 Å². The standard InChI is InChI=1S/C25H26N2O/c1-17-7-3-6-10-23(17)24-12-11-21(13-18(24)2)25(28)27-16-26-22-14-19-8-4-5-9-20(19)15-22/h3-13,22,26H,14-16H2,1-2H3,(H,27,28). The molecule has 0 saturated heterocycles. The van der Waals surface area contributed by atoms with E-state index in [4.69, 9.17) is 0 Å². The minimum atomic E-state index is -0.0394. The summed E-state index contributed by atoms with van der Waals surface area (Å²) in [6.45, 7) is 4.66. The molecular weight excluding hydrogens is 344 g/mol. The zero-order chi connectivity index (χ0) is 19.5. The molecule has 0 aliphatic heterocycles. The van der Waals surface area contributed by atoms with Gasteiger partial charge < -0.3 is 5.32 Å². The molecule has 4 rings (SSSR count). The number of carbonyl (C=O) groups excluding carboxylic acids is 1. The monoisotopic (exact) mass is 370 g/mol. The maximum absolute atomic E-state index is 12.6. The van der Waals surface area contributed by atoms with Crippen LogP contribution in [0, 0.1) is 13.8 Å². The van der Waals surface area contributed by atoms with E-state index in [0.717, 1.165) is 18.4 Å². The van der Waals surface area contributed by atoms with Gasteiger partial charge in [0.25, 0.3) is 5.91 Å². The molecule has 3 nitrogen and oxygen atoms in total. The maximum Gasteiger partial charge on any atom is 0.252 e. The number of rotatable bonds is 5. The summed E-state index contributed by atoms with van der Waals surface area (Å²) >= 11 is 0. The Morgan fingerprint density at radius 3 is 2.18 bits per heavy atom. The van der Waals surface area contributed by atoms with E-state index in [9.17, 15) is 4.79 Å². The Morgan fingerprint density at radius 1 is 0.857 bits per heavy atom. The van der Waals surface area contributed by atoms with Crippen LogP contribution in [0.2, 0.25) is 0 Å². The lowest BCUT2D eigenvalue weighted by Crippen LogP contribution is -2.40. The van der Waals surface area contributed by atoms with Crippen molar-refractivity contribution >= 4 is 5.91 Å². The van der Waals surface area contributed by atoms with Crippen molar-refractivity contribution in [2.45, 2.75) is 32.7 Å². The van der Waals surface area contributed by atoms with Gasteiger partial charge in [-0.3, -0.25) is 10.1 Å². The third kappa shape index (κ3) is 3.85. The van der Waals surface area contributed by atoms with E-state index in [1.807, 2.05) is 24.3 Å². The summed E-state index contributed by atoms with van der Waals surface area (Å²) in [6.07, 6.45) is 2.05. The van der Waals surface area contributed by atoms with Crippen molar-refractivity contribution in [1.82, 2.24) is 10.6 Å². The average molecular weight is 370 g/mol. The van der Waals surface area contributed by atoms with Crippen molar-refractivity contribution < 1.29 is 4.79 Å². The zero-order valence-electron chi connectivity index (χ0n) is 16.5. The van der Waals surface area contributed by atoms with Crippen LogP contribution in [-0.4, -0.2) is 18.6 Å². The molecule has 3 heteroatoms. The van der Waals surface area contributed by atoms with Gasteiger partial charge in [-0.05, 0) is 72.2 Å². The van der Waals surface area contributed by atoms with Gasteiger partial charge in [0.15, 0.2) is 0 Å². The first-order chi connectivity index (χ1) is 13.6. The van der Waals surface area contributed by atoms with Gasteiger partial charge in [-0.25, -0.2) is 0 Å². The predicted octanol–water partition coefficient (Wildman–Crippen LogP) is 4.41. The highest BCUT2D eigenvalue weighted by Gasteiger charge is 2.20. The highest BCUT2D eigenvalue weighted by molar-refractivity contribution is 5.95. The van der Waals surface area contributed by atoms with Crippen molar-refractivity contribution in [3.63, 3.8) is 0 Å². The smallest absolute Gasteiger partial charge is 0.252 e. The molecule has 142 valence electrons.